The molecule has 3 nitrogen and oxygen atoms in total. The van der Waals surface area contributed by atoms with Gasteiger partial charge in [-0.15, -0.1) is 0 Å². The molecule has 0 bridgehead atoms. The third kappa shape index (κ3) is 2.34. The van der Waals surface area contributed by atoms with Crippen LogP contribution >= 0.6 is 11.8 Å². The van der Waals surface area contributed by atoms with Gasteiger partial charge in [0, 0.05) is 18.4 Å². The van der Waals surface area contributed by atoms with Crippen LogP contribution in [0.2, 0.25) is 0 Å². The van der Waals surface area contributed by atoms with Crippen molar-refractivity contribution in [3.63, 3.8) is 0 Å². The smallest absolute Gasteiger partial charge is 0.157 e. The van der Waals surface area contributed by atoms with Gasteiger partial charge in [0.25, 0.3) is 0 Å². The fourth-order valence-electron chi connectivity index (χ4n) is 3.38. The second-order valence-corrected chi connectivity index (χ2v) is 6.57. The first-order valence-electron chi connectivity index (χ1n) is 6.83. The molecule has 3 rings (SSSR count). The maximum Gasteiger partial charge on any atom is 0.157 e. The van der Waals surface area contributed by atoms with E-state index in [1.807, 2.05) is 18.9 Å². The maximum atomic E-state index is 5.51. The molecular weight excluding hydrogens is 232 g/mol. The van der Waals surface area contributed by atoms with Crippen LogP contribution in [0, 0.1) is 0 Å². The van der Waals surface area contributed by atoms with Gasteiger partial charge in [0.1, 0.15) is 0 Å². The Balaban J connectivity index is 1.65. The Hall–Kier alpha value is -0.220. The number of rotatable bonds is 2. The molecule has 1 spiro atoms. The minimum absolute atomic E-state index is 0.352. The van der Waals surface area contributed by atoms with Crippen molar-refractivity contribution in [1.29, 1.82) is 0 Å². The summed E-state index contributed by atoms with van der Waals surface area (Å²) in [6, 6.07) is 0.395. The first kappa shape index (κ1) is 11.8. The Bertz CT molecular complexity index is 313. The molecule has 1 saturated heterocycles. The second-order valence-electron chi connectivity index (χ2n) is 5.61. The van der Waals surface area contributed by atoms with E-state index in [1.165, 1.54) is 55.9 Å². The van der Waals surface area contributed by atoms with Crippen molar-refractivity contribution in [2.75, 3.05) is 12.9 Å². The third-order valence-electron chi connectivity index (χ3n) is 4.42. The molecule has 96 valence electrons. The van der Waals surface area contributed by atoms with Gasteiger partial charge in [-0.2, -0.15) is 0 Å². The van der Waals surface area contributed by atoms with Gasteiger partial charge in [-0.25, -0.2) is 0 Å². The van der Waals surface area contributed by atoms with Crippen LogP contribution < -0.4 is 5.32 Å². The molecule has 1 heterocycles. The summed E-state index contributed by atoms with van der Waals surface area (Å²) < 4.78 is 5.51. The molecule has 0 aromatic rings. The van der Waals surface area contributed by atoms with Crippen molar-refractivity contribution in [3.8, 4) is 0 Å². The number of nitrogens with zero attached hydrogens (tertiary/aromatic N) is 1. The van der Waals surface area contributed by atoms with Gasteiger partial charge in [-0.05, 0) is 32.1 Å². The topological polar surface area (TPSA) is 33.6 Å². The third-order valence-corrected chi connectivity index (χ3v) is 5.60. The largest absolute Gasteiger partial charge is 0.379 e. The van der Waals surface area contributed by atoms with E-state index in [1.54, 1.807) is 0 Å². The Morgan fingerprint density at radius 1 is 1.29 bits per heavy atom. The summed E-state index contributed by atoms with van der Waals surface area (Å²) in [6.07, 6.45) is 9.40. The lowest BCUT2D eigenvalue weighted by Gasteiger charge is -2.22. The quantitative estimate of drug-likeness (QED) is 0.822. The van der Waals surface area contributed by atoms with Crippen molar-refractivity contribution in [3.05, 3.63) is 0 Å². The van der Waals surface area contributed by atoms with Gasteiger partial charge in [0.15, 0.2) is 5.17 Å². The van der Waals surface area contributed by atoms with Gasteiger partial charge in [-0.3, -0.25) is 4.99 Å². The molecule has 4 heteroatoms. The van der Waals surface area contributed by atoms with Gasteiger partial charge < -0.3 is 10.1 Å². The van der Waals surface area contributed by atoms with Crippen LogP contribution in [0.1, 0.15) is 44.9 Å². The zero-order chi connectivity index (χ0) is 11.7. The molecule has 0 aromatic heterocycles. The van der Waals surface area contributed by atoms with E-state index < -0.39 is 0 Å². The van der Waals surface area contributed by atoms with Crippen LogP contribution in [-0.2, 0) is 4.74 Å². The summed E-state index contributed by atoms with van der Waals surface area (Å²) in [5.74, 6) is 1.22. The van der Waals surface area contributed by atoms with Crippen LogP contribution in [0.4, 0.5) is 0 Å². The Morgan fingerprint density at radius 3 is 2.88 bits per heavy atom. The fourth-order valence-corrected chi connectivity index (χ4v) is 4.65. The van der Waals surface area contributed by atoms with E-state index in [0.717, 1.165) is 0 Å². The Kier molecular flexibility index (Phi) is 3.35. The normalized spacial score (nSPS) is 38.1. The Labute approximate surface area is 108 Å². The standard InChI is InChI=1S/C13H22N2OS/c1-16-11-6-4-5-10(11)14-12-15-13(9-17-12)7-2-3-8-13/h10-11H,2-9H2,1H3,(H,14,15). The molecule has 2 unspecified atom stereocenters. The highest BCUT2D eigenvalue weighted by molar-refractivity contribution is 8.14. The van der Waals surface area contributed by atoms with E-state index in [9.17, 15) is 0 Å². The molecule has 17 heavy (non-hydrogen) atoms. The molecule has 2 saturated carbocycles. The SMILES string of the molecule is COC1CCCC1N=C1NC2(CCCC2)CS1. The van der Waals surface area contributed by atoms with E-state index in [0.29, 0.717) is 17.7 Å². The van der Waals surface area contributed by atoms with Gasteiger partial charge >= 0.3 is 0 Å². The summed E-state index contributed by atoms with van der Waals surface area (Å²) in [4.78, 5) is 4.89. The lowest BCUT2D eigenvalue weighted by molar-refractivity contribution is 0.0966. The molecule has 2 atom stereocenters. The van der Waals surface area contributed by atoms with Gasteiger partial charge in [0.2, 0.25) is 0 Å². The van der Waals surface area contributed by atoms with Gasteiger partial charge in [-0.1, -0.05) is 24.6 Å². The first-order chi connectivity index (χ1) is 8.31. The number of aliphatic imine (C=N–C) groups is 1. The van der Waals surface area contributed by atoms with Crippen LogP contribution in [0.15, 0.2) is 4.99 Å². The molecule has 0 radical (unpaired) electrons. The van der Waals surface area contributed by atoms with Crippen molar-refractivity contribution in [2.24, 2.45) is 4.99 Å². The van der Waals surface area contributed by atoms with Crippen molar-refractivity contribution in [1.82, 2.24) is 5.32 Å². The predicted molar refractivity (Wildman–Crippen MR) is 72.7 cm³/mol. The van der Waals surface area contributed by atoms with Crippen molar-refractivity contribution in [2.45, 2.75) is 62.6 Å². The molecule has 2 aliphatic carbocycles. The van der Waals surface area contributed by atoms with Crippen molar-refractivity contribution >= 4 is 16.9 Å². The number of hydrogen-bond donors (Lipinski definition) is 1. The minimum atomic E-state index is 0.352. The highest BCUT2D eigenvalue weighted by Crippen LogP contribution is 2.38. The monoisotopic (exact) mass is 254 g/mol. The Morgan fingerprint density at radius 2 is 2.12 bits per heavy atom. The number of nitrogens with one attached hydrogen (secondary N) is 1. The van der Waals surface area contributed by atoms with Crippen LogP contribution in [0.3, 0.4) is 0 Å². The number of thioether (sulfide) groups is 1. The van der Waals surface area contributed by atoms with E-state index in [4.69, 9.17) is 9.73 Å². The molecule has 1 N–H and O–H groups in total. The maximum absolute atomic E-state index is 5.51. The molecule has 0 aromatic carbocycles. The summed E-state index contributed by atoms with van der Waals surface area (Å²) >= 11 is 1.92. The van der Waals surface area contributed by atoms with E-state index >= 15 is 0 Å². The number of amidine groups is 1. The summed E-state index contributed by atoms with van der Waals surface area (Å²) in [5, 5.41) is 4.88. The predicted octanol–water partition coefficient (Wildman–Crippen LogP) is 2.56. The van der Waals surface area contributed by atoms with Crippen LogP contribution in [-0.4, -0.2) is 35.7 Å². The zero-order valence-electron chi connectivity index (χ0n) is 10.6. The summed E-state index contributed by atoms with van der Waals surface area (Å²) in [5.41, 5.74) is 0.394. The molecule has 3 fully saturated rings. The molecule has 1 aliphatic heterocycles. The number of ether oxygens (including phenoxy) is 1. The fraction of sp³-hybridized carbons (Fsp3) is 0.923. The average molecular weight is 254 g/mol. The summed E-state index contributed by atoms with van der Waals surface area (Å²) in [6.45, 7) is 0. The molecule has 0 amide bonds. The lowest BCUT2D eigenvalue weighted by atomic mass is 10.0. The van der Waals surface area contributed by atoms with E-state index in [-0.39, 0.29) is 0 Å². The summed E-state index contributed by atoms with van der Waals surface area (Å²) in [7, 11) is 1.82. The first-order valence-corrected chi connectivity index (χ1v) is 7.81. The minimum Gasteiger partial charge on any atom is -0.379 e. The average Bonchev–Trinajstić information content (AvgIpc) is 3.03. The highest BCUT2D eigenvalue weighted by Gasteiger charge is 2.40. The van der Waals surface area contributed by atoms with Gasteiger partial charge in [0.05, 0.1) is 12.1 Å². The molecule has 3 aliphatic rings. The van der Waals surface area contributed by atoms with Crippen LogP contribution in [0.25, 0.3) is 0 Å². The number of hydrogen-bond acceptors (Lipinski definition) is 3. The second kappa shape index (κ2) is 4.81. The molecular formula is C13H22N2OS. The number of methoxy groups -OCH3 is 1. The van der Waals surface area contributed by atoms with Crippen LogP contribution in [0.5, 0.6) is 0 Å². The highest BCUT2D eigenvalue weighted by atomic mass is 32.2. The van der Waals surface area contributed by atoms with E-state index in [2.05, 4.69) is 5.32 Å². The van der Waals surface area contributed by atoms with Crippen molar-refractivity contribution < 1.29 is 4.74 Å². The zero-order valence-corrected chi connectivity index (χ0v) is 11.4. The lowest BCUT2D eigenvalue weighted by Crippen LogP contribution is -2.41.